The molecule has 0 aromatic heterocycles. The molecular weight excluding hydrogens is 282 g/mol. The summed E-state index contributed by atoms with van der Waals surface area (Å²) in [6.45, 7) is 4.06. The molecule has 1 fully saturated rings. The van der Waals surface area contributed by atoms with Crippen LogP contribution in [-0.4, -0.2) is 41.5 Å². The summed E-state index contributed by atoms with van der Waals surface area (Å²) >= 11 is 0. The van der Waals surface area contributed by atoms with E-state index in [2.05, 4.69) is 5.32 Å². The molecule has 1 aliphatic rings. The summed E-state index contributed by atoms with van der Waals surface area (Å²) in [6.07, 6.45) is 1.40. The minimum Gasteiger partial charge on any atom is -0.507 e. The molecule has 0 heterocycles. The fourth-order valence-corrected chi connectivity index (χ4v) is 2.90. The van der Waals surface area contributed by atoms with Crippen LogP contribution in [0.2, 0.25) is 0 Å². The van der Waals surface area contributed by atoms with Crippen LogP contribution in [0, 0.1) is 0 Å². The summed E-state index contributed by atoms with van der Waals surface area (Å²) < 4.78 is 5.24. The van der Waals surface area contributed by atoms with E-state index in [4.69, 9.17) is 4.74 Å². The Hall–Kier alpha value is -1.59. The number of methoxy groups -OCH3 is 1. The van der Waals surface area contributed by atoms with Crippen molar-refractivity contribution in [2.45, 2.75) is 57.3 Å². The second-order valence-corrected chi connectivity index (χ2v) is 6.21. The molecule has 1 amide bonds. The smallest absolute Gasteiger partial charge is 0.255 e. The van der Waals surface area contributed by atoms with Crippen molar-refractivity contribution in [3.05, 3.63) is 29.3 Å². The van der Waals surface area contributed by atoms with Crippen molar-refractivity contribution in [3.63, 3.8) is 0 Å². The highest BCUT2D eigenvalue weighted by molar-refractivity contribution is 5.97. The quantitative estimate of drug-likeness (QED) is 0.796. The van der Waals surface area contributed by atoms with E-state index in [0.717, 1.165) is 18.4 Å². The molecule has 0 saturated heterocycles. The van der Waals surface area contributed by atoms with Gasteiger partial charge in [0.2, 0.25) is 0 Å². The van der Waals surface area contributed by atoms with Crippen molar-refractivity contribution < 1.29 is 19.7 Å². The molecular formula is C17H25NO4. The van der Waals surface area contributed by atoms with Gasteiger partial charge >= 0.3 is 0 Å². The number of rotatable bonds is 4. The lowest BCUT2D eigenvalue weighted by Gasteiger charge is -2.34. The van der Waals surface area contributed by atoms with Crippen molar-refractivity contribution in [2.24, 2.45) is 0 Å². The van der Waals surface area contributed by atoms with Gasteiger partial charge in [0, 0.05) is 7.11 Å². The molecule has 22 heavy (non-hydrogen) atoms. The first-order chi connectivity index (χ1) is 10.4. The summed E-state index contributed by atoms with van der Waals surface area (Å²) in [6, 6.07) is 4.71. The summed E-state index contributed by atoms with van der Waals surface area (Å²) in [5, 5.41) is 23.0. The Balaban J connectivity index is 2.13. The molecule has 0 aliphatic heterocycles. The van der Waals surface area contributed by atoms with Crippen LogP contribution in [0.25, 0.3) is 0 Å². The number of nitrogens with one attached hydrogen (secondary N) is 1. The van der Waals surface area contributed by atoms with Gasteiger partial charge in [-0.25, -0.2) is 0 Å². The first-order valence-electron chi connectivity index (χ1n) is 7.78. The van der Waals surface area contributed by atoms with Gasteiger partial charge in [-0.2, -0.15) is 0 Å². The van der Waals surface area contributed by atoms with Gasteiger partial charge in [0.1, 0.15) is 11.9 Å². The Morgan fingerprint density at radius 3 is 2.73 bits per heavy atom. The highest BCUT2D eigenvalue weighted by atomic mass is 16.5. The number of aliphatic hydroxyl groups excluding tert-OH is 1. The molecule has 3 N–H and O–H groups in total. The monoisotopic (exact) mass is 307 g/mol. The largest absolute Gasteiger partial charge is 0.507 e. The molecule has 0 bridgehead atoms. The van der Waals surface area contributed by atoms with Gasteiger partial charge in [-0.3, -0.25) is 4.79 Å². The molecule has 2 rings (SSSR count). The van der Waals surface area contributed by atoms with Crippen molar-refractivity contribution in [2.75, 3.05) is 7.11 Å². The van der Waals surface area contributed by atoms with Gasteiger partial charge in [-0.05, 0) is 42.9 Å². The molecule has 1 aromatic carbocycles. The van der Waals surface area contributed by atoms with Gasteiger partial charge < -0.3 is 20.3 Å². The maximum Gasteiger partial charge on any atom is 0.255 e. The van der Waals surface area contributed by atoms with Crippen molar-refractivity contribution in [1.82, 2.24) is 5.32 Å². The maximum absolute atomic E-state index is 12.4. The van der Waals surface area contributed by atoms with Crippen LogP contribution in [0.5, 0.6) is 5.75 Å². The van der Waals surface area contributed by atoms with Crippen molar-refractivity contribution in [3.8, 4) is 5.75 Å². The fourth-order valence-electron chi connectivity index (χ4n) is 2.90. The number of benzene rings is 1. The molecule has 0 unspecified atom stereocenters. The lowest BCUT2D eigenvalue weighted by Crippen LogP contribution is -2.51. The van der Waals surface area contributed by atoms with Crippen LogP contribution < -0.4 is 5.32 Å². The van der Waals surface area contributed by atoms with Crippen molar-refractivity contribution in [1.29, 1.82) is 0 Å². The number of hydrogen-bond acceptors (Lipinski definition) is 4. The fraction of sp³-hybridized carbons (Fsp3) is 0.588. The number of aromatic hydroxyl groups is 1. The highest BCUT2D eigenvalue weighted by Gasteiger charge is 2.33. The lowest BCUT2D eigenvalue weighted by molar-refractivity contribution is -0.0513. The number of carbonyl (C=O) groups is 1. The van der Waals surface area contributed by atoms with Crippen LogP contribution in [0.1, 0.15) is 54.9 Å². The number of hydrogen-bond donors (Lipinski definition) is 3. The number of amides is 1. The van der Waals surface area contributed by atoms with Gasteiger partial charge in [-0.15, -0.1) is 0 Å². The Labute approximate surface area is 131 Å². The predicted octanol–water partition coefficient (Wildman–Crippen LogP) is 2.17. The van der Waals surface area contributed by atoms with Crippen LogP contribution in [0.4, 0.5) is 0 Å². The molecule has 1 aromatic rings. The van der Waals surface area contributed by atoms with Crippen LogP contribution in [0.15, 0.2) is 18.2 Å². The Kier molecular flexibility index (Phi) is 5.42. The summed E-state index contributed by atoms with van der Waals surface area (Å²) in [4.78, 5) is 12.4. The van der Waals surface area contributed by atoms with E-state index in [1.807, 2.05) is 19.9 Å². The van der Waals surface area contributed by atoms with E-state index in [0.29, 0.717) is 6.42 Å². The number of carbonyl (C=O) groups excluding carboxylic acids is 1. The van der Waals surface area contributed by atoms with Gasteiger partial charge in [0.25, 0.3) is 5.91 Å². The molecule has 3 atom stereocenters. The first kappa shape index (κ1) is 16.8. The van der Waals surface area contributed by atoms with E-state index in [-0.39, 0.29) is 35.3 Å². The first-order valence-corrected chi connectivity index (χ1v) is 7.78. The minimum atomic E-state index is -0.724. The number of phenols is 1. The second-order valence-electron chi connectivity index (χ2n) is 6.21. The van der Waals surface area contributed by atoms with Crippen molar-refractivity contribution >= 4 is 5.91 Å². The number of aliphatic hydroxyl groups is 1. The zero-order valence-electron chi connectivity index (χ0n) is 13.4. The normalized spacial score (nSPS) is 25.2. The number of ether oxygens (including phenoxy) is 1. The predicted molar refractivity (Wildman–Crippen MR) is 84.1 cm³/mol. The molecule has 0 spiro atoms. The van der Waals surface area contributed by atoms with Gasteiger partial charge in [-0.1, -0.05) is 19.9 Å². The molecule has 1 saturated carbocycles. The third-order valence-corrected chi connectivity index (χ3v) is 4.35. The van der Waals surface area contributed by atoms with Gasteiger partial charge in [0.15, 0.2) is 0 Å². The zero-order chi connectivity index (χ0) is 16.3. The third kappa shape index (κ3) is 3.59. The molecule has 0 radical (unpaired) electrons. The maximum atomic E-state index is 12.4. The Bertz CT molecular complexity index is 529. The van der Waals surface area contributed by atoms with Crippen LogP contribution in [0.3, 0.4) is 0 Å². The zero-order valence-corrected chi connectivity index (χ0v) is 13.4. The molecule has 1 aliphatic carbocycles. The van der Waals surface area contributed by atoms with E-state index in [1.54, 1.807) is 19.2 Å². The standard InChI is InChI=1S/C17H25NO4/c1-10(2)11-7-8-14(19)12(9-11)17(21)18-13-5-4-6-15(22-3)16(13)20/h7-10,13,15-16,19-20H,4-6H2,1-3H3,(H,18,21)/t13-,15-,16-/m1/s1. The average molecular weight is 307 g/mol. The minimum absolute atomic E-state index is 0.0458. The topological polar surface area (TPSA) is 78.8 Å². The summed E-state index contributed by atoms with van der Waals surface area (Å²) in [5.74, 6) is -0.137. The Morgan fingerprint density at radius 1 is 1.36 bits per heavy atom. The molecule has 5 heteroatoms. The van der Waals surface area contributed by atoms with E-state index in [1.165, 1.54) is 0 Å². The molecule has 5 nitrogen and oxygen atoms in total. The van der Waals surface area contributed by atoms with Crippen LogP contribution >= 0.6 is 0 Å². The Morgan fingerprint density at radius 2 is 2.09 bits per heavy atom. The molecule has 122 valence electrons. The highest BCUT2D eigenvalue weighted by Crippen LogP contribution is 2.25. The summed E-state index contributed by atoms with van der Waals surface area (Å²) in [5.41, 5.74) is 1.24. The van der Waals surface area contributed by atoms with E-state index >= 15 is 0 Å². The second kappa shape index (κ2) is 7.11. The van der Waals surface area contributed by atoms with Crippen LogP contribution in [-0.2, 0) is 4.74 Å². The van der Waals surface area contributed by atoms with E-state index < -0.39 is 6.10 Å². The lowest BCUT2D eigenvalue weighted by atomic mass is 9.89. The number of phenolic OH excluding ortho intramolecular Hbond substituents is 1. The average Bonchev–Trinajstić information content (AvgIpc) is 2.49. The SMILES string of the molecule is CO[C@@H]1CCC[C@@H](NC(=O)c2cc(C(C)C)ccc2O)[C@H]1O. The summed E-state index contributed by atoms with van der Waals surface area (Å²) in [7, 11) is 1.57. The third-order valence-electron chi connectivity index (χ3n) is 4.35. The van der Waals surface area contributed by atoms with E-state index in [9.17, 15) is 15.0 Å². The van der Waals surface area contributed by atoms with Gasteiger partial charge in [0.05, 0.1) is 17.7 Å².